The van der Waals surface area contributed by atoms with Gasteiger partial charge in [0, 0.05) is 10.6 Å². The lowest BCUT2D eigenvalue weighted by molar-refractivity contribution is 0.615. The predicted molar refractivity (Wildman–Crippen MR) is 68.4 cm³/mol. The predicted octanol–water partition coefficient (Wildman–Crippen LogP) is 3.54. The van der Waals surface area contributed by atoms with E-state index in [1.54, 1.807) is 0 Å². The highest BCUT2D eigenvalue weighted by Crippen LogP contribution is 2.22. The minimum atomic E-state index is 0.552. The second kappa shape index (κ2) is 7.32. The van der Waals surface area contributed by atoms with E-state index in [0.29, 0.717) is 6.04 Å². The summed E-state index contributed by atoms with van der Waals surface area (Å²) < 4.78 is 0. The van der Waals surface area contributed by atoms with Gasteiger partial charge in [0.25, 0.3) is 0 Å². The molecule has 0 fully saturated rings. The standard InChI is InChI=1S/C11H19NS2/c1-3-7-13-9-10(12-4-2)11-6-5-8-14-11/h5-6,8,10,12H,3-4,7,9H2,1-2H3. The van der Waals surface area contributed by atoms with Crippen LogP contribution in [-0.2, 0) is 0 Å². The van der Waals surface area contributed by atoms with Crippen molar-refractivity contribution in [1.29, 1.82) is 0 Å². The van der Waals surface area contributed by atoms with Crippen molar-refractivity contribution in [1.82, 2.24) is 5.32 Å². The second-order valence-electron chi connectivity index (χ2n) is 3.20. The van der Waals surface area contributed by atoms with Crippen molar-refractivity contribution in [3.05, 3.63) is 22.4 Å². The molecule has 1 rings (SSSR count). The third kappa shape index (κ3) is 4.03. The number of nitrogens with one attached hydrogen (secondary N) is 1. The fourth-order valence-electron chi connectivity index (χ4n) is 1.32. The van der Waals surface area contributed by atoms with Gasteiger partial charge in [-0.05, 0) is 30.2 Å². The molecule has 0 radical (unpaired) electrons. The summed E-state index contributed by atoms with van der Waals surface area (Å²) >= 11 is 3.90. The van der Waals surface area contributed by atoms with Crippen molar-refractivity contribution in [2.45, 2.75) is 26.3 Å². The van der Waals surface area contributed by atoms with E-state index < -0.39 is 0 Å². The molecule has 0 bridgehead atoms. The third-order valence-electron chi connectivity index (χ3n) is 1.97. The van der Waals surface area contributed by atoms with Crippen LogP contribution in [-0.4, -0.2) is 18.1 Å². The van der Waals surface area contributed by atoms with Crippen LogP contribution in [0.3, 0.4) is 0 Å². The molecule has 80 valence electrons. The minimum Gasteiger partial charge on any atom is -0.309 e. The summed E-state index contributed by atoms with van der Waals surface area (Å²) in [4.78, 5) is 1.47. The van der Waals surface area contributed by atoms with Crippen molar-refractivity contribution >= 4 is 23.1 Å². The first-order chi connectivity index (χ1) is 6.88. The second-order valence-corrected chi connectivity index (χ2v) is 5.33. The molecule has 3 heteroatoms. The van der Waals surface area contributed by atoms with Gasteiger partial charge >= 0.3 is 0 Å². The number of thiophene rings is 1. The Morgan fingerprint density at radius 2 is 2.36 bits per heavy atom. The Morgan fingerprint density at radius 1 is 1.50 bits per heavy atom. The molecule has 0 saturated carbocycles. The summed E-state index contributed by atoms with van der Waals surface area (Å²) in [5.74, 6) is 2.47. The maximum absolute atomic E-state index is 3.53. The summed E-state index contributed by atoms with van der Waals surface area (Å²) in [6.45, 7) is 5.46. The number of thioether (sulfide) groups is 1. The van der Waals surface area contributed by atoms with Crippen LogP contribution in [0.1, 0.15) is 31.2 Å². The average Bonchev–Trinajstić information content (AvgIpc) is 2.70. The SMILES string of the molecule is CCCSCC(NCC)c1cccs1. The Kier molecular flexibility index (Phi) is 6.32. The average molecular weight is 229 g/mol. The molecule has 0 spiro atoms. The highest BCUT2D eigenvalue weighted by Gasteiger charge is 2.10. The first kappa shape index (κ1) is 12.1. The Bertz CT molecular complexity index is 221. The largest absolute Gasteiger partial charge is 0.309 e. The van der Waals surface area contributed by atoms with Crippen molar-refractivity contribution in [2.75, 3.05) is 18.1 Å². The van der Waals surface area contributed by atoms with Crippen LogP contribution in [0.25, 0.3) is 0 Å². The number of hydrogen-bond donors (Lipinski definition) is 1. The van der Waals surface area contributed by atoms with Crippen LogP contribution in [0.15, 0.2) is 17.5 Å². The van der Waals surface area contributed by atoms with Gasteiger partial charge < -0.3 is 5.32 Å². The molecular weight excluding hydrogens is 210 g/mol. The molecule has 0 aliphatic rings. The molecule has 1 N–H and O–H groups in total. The van der Waals surface area contributed by atoms with Gasteiger partial charge in [-0.3, -0.25) is 0 Å². The van der Waals surface area contributed by atoms with E-state index in [4.69, 9.17) is 0 Å². The van der Waals surface area contributed by atoms with Gasteiger partial charge in [0.1, 0.15) is 0 Å². The summed E-state index contributed by atoms with van der Waals surface area (Å²) in [7, 11) is 0. The van der Waals surface area contributed by atoms with Crippen molar-refractivity contribution < 1.29 is 0 Å². The molecule has 0 aliphatic carbocycles. The monoisotopic (exact) mass is 229 g/mol. The minimum absolute atomic E-state index is 0.552. The maximum atomic E-state index is 3.53. The zero-order valence-corrected chi connectivity index (χ0v) is 10.6. The van der Waals surface area contributed by atoms with E-state index in [-0.39, 0.29) is 0 Å². The van der Waals surface area contributed by atoms with Gasteiger partial charge in [0.05, 0.1) is 6.04 Å². The van der Waals surface area contributed by atoms with Crippen molar-refractivity contribution in [2.24, 2.45) is 0 Å². The molecule has 1 unspecified atom stereocenters. The normalized spacial score (nSPS) is 13.0. The van der Waals surface area contributed by atoms with E-state index in [1.165, 1.54) is 22.8 Å². The Labute approximate surface area is 95.3 Å². The molecule has 1 atom stereocenters. The van der Waals surface area contributed by atoms with E-state index in [9.17, 15) is 0 Å². The molecule has 14 heavy (non-hydrogen) atoms. The molecule has 1 heterocycles. The van der Waals surface area contributed by atoms with Gasteiger partial charge in [-0.1, -0.05) is 19.9 Å². The molecular formula is C11H19NS2. The molecule has 0 aliphatic heterocycles. The van der Waals surface area contributed by atoms with E-state index >= 15 is 0 Å². The van der Waals surface area contributed by atoms with E-state index in [1.807, 2.05) is 23.1 Å². The van der Waals surface area contributed by atoms with Crippen LogP contribution in [0.5, 0.6) is 0 Å². The first-order valence-electron chi connectivity index (χ1n) is 5.23. The van der Waals surface area contributed by atoms with Gasteiger partial charge in [-0.2, -0.15) is 11.8 Å². The maximum Gasteiger partial charge on any atom is 0.0506 e. The summed E-state index contributed by atoms with van der Waals surface area (Å²) in [6.07, 6.45) is 1.27. The zero-order valence-electron chi connectivity index (χ0n) is 8.95. The first-order valence-corrected chi connectivity index (χ1v) is 7.26. The number of hydrogen-bond acceptors (Lipinski definition) is 3. The lowest BCUT2D eigenvalue weighted by Gasteiger charge is -2.15. The van der Waals surface area contributed by atoms with Crippen molar-refractivity contribution in [3.63, 3.8) is 0 Å². The van der Waals surface area contributed by atoms with Crippen LogP contribution in [0.2, 0.25) is 0 Å². The molecule has 0 amide bonds. The topological polar surface area (TPSA) is 12.0 Å². The Hall–Kier alpha value is 0.01000. The lowest BCUT2D eigenvalue weighted by Crippen LogP contribution is -2.22. The fourth-order valence-corrected chi connectivity index (χ4v) is 3.22. The zero-order chi connectivity index (χ0) is 10.2. The van der Waals surface area contributed by atoms with Crippen LogP contribution >= 0.6 is 23.1 Å². The smallest absolute Gasteiger partial charge is 0.0506 e. The summed E-state index contributed by atoms with van der Waals surface area (Å²) in [5, 5.41) is 5.69. The highest BCUT2D eigenvalue weighted by atomic mass is 32.2. The molecule has 1 nitrogen and oxygen atoms in total. The van der Waals surface area contributed by atoms with Crippen LogP contribution in [0.4, 0.5) is 0 Å². The summed E-state index contributed by atoms with van der Waals surface area (Å²) in [5.41, 5.74) is 0. The van der Waals surface area contributed by atoms with Crippen molar-refractivity contribution in [3.8, 4) is 0 Å². The van der Waals surface area contributed by atoms with E-state index in [2.05, 4.69) is 36.7 Å². The van der Waals surface area contributed by atoms with Gasteiger partial charge in [-0.25, -0.2) is 0 Å². The summed E-state index contributed by atoms with van der Waals surface area (Å²) in [6, 6.07) is 4.91. The molecule has 1 aromatic rings. The quantitative estimate of drug-likeness (QED) is 0.718. The van der Waals surface area contributed by atoms with Gasteiger partial charge in [-0.15, -0.1) is 11.3 Å². The van der Waals surface area contributed by atoms with Gasteiger partial charge in [0.2, 0.25) is 0 Å². The molecule has 0 aromatic carbocycles. The molecule has 0 saturated heterocycles. The third-order valence-corrected chi connectivity index (χ3v) is 4.22. The Balaban J connectivity index is 2.39. The van der Waals surface area contributed by atoms with Crippen LogP contribution in [0, 0.1) is 0 Å². The van der Waals surface area contributed by atoms with E-state index in [0.717, 1.165) is 6.54 Å². The highest BCUT2D eigenvalue weighted by molar-refractivity contribution is 7.99. The van der Waals surface area contributed by atoms with Crippen LogP contribution < -0.4 is 5.32 Å². The fraction of sp³-hybridized carbons (Fsp3) is 0.636. The Morgan fingerprint density at radius 3 is 2.93 bits per heavy atom. The number of rotatable bonds is 7. The van der Waals surface area contributed by atoms with Gasteiger partial charge in [0.15, 0.2) is 0 Å². The lowest BCUT2D eigenvalue weighted by atomic mass is 10.3. The molecule has 1 aromatic heterocycles.